The van der Waals surface area contributed by atoms with Crippen molar-refractivity contribution in [3.63, 3.8) is 0 Å². The van der Waals surface area contributed by atoms with E-state index in [1.807, 2.05) is 30.3 Å². The Morgan fingerprint density at radius 2 is 1.15 bits per heavy atom. The van der Waals surface area contributed by atoms with Crippen LogP contribution >= 0.6 is 0 Å². The highest BCUT2D eigenvalue weighted by Crippen LogP contribution is 2.40. The lowest BCUT2D eigenvalue weighted by atomic mass is 10.0. The molecule has 6 aromatic carbocycles. The molecule has 3 aromatic heterocycles. The molecule has 0 aliphatic carbocycles. The first-order chi connectivity index (χ1) is 20.3. The zero-order valence-electron chi connectivity index (χ0n) is 21.8. The molecule has 0 aliphatic heterocycles. The van der Waals surface area contributed by atoms with E-state index in [1.165, 1.54) is 10.8 Å². The zero-order chi connectivity index (χ0) is 27.1. The average Bonchev–Trinajstić information content (AvgIpc) is 3.69. The normalized spacial score (nSPS) is 11.9. The fraction of sp³-hybridized carbons (Fsp3) is 0. The van der Waals surface area contributed by atoms with Crippen LogP contribution in [0.4, 0.5) is 5.69 Å². The molecule has 0 unspecified atom stereocenters. The summed E-state index contributed by atoms with van der Waals surface area (Å²) in [5, 5.41) is 6.59. The molecule has 9 rings (SSSR count). The fourth-order valence-corrected chi connectivity index (χ4v) is 6.33. The number of aromatic nitrogens is 1. The molecule has 0 amide bonds. The second-order valence-corrected chi connectivity index (χ2v) is 10.4. The summed E-state index contributed by atoms with van der Waals surface area (Å²) in [5.74, 6) is 0. The number of para-hydroxylation sites is 3. The van der Waals surface area contributed by atoms with Crippen LogP contribution in [0.3, 0.4) is 0 Å². The Morgan fingerprint density at radius 3 is 2.02 bits per heavy atom. The molecule has 0 radical (unpaired) electrons. The minimum Gasteiger partial charge on any atom is -0.456 e. The summed E-state index contributed by atoms with van der Waals surface area (Å²) in [6.45, 7) is 7.42. The molecule has 190 valence electrons. The Labute approximate surface area is 234 Å². The molecule has 9 aromatic rings. The van der Waals surface area contributed by atoms with E-state index < -0.39 is 0 Å². The van der Waals surface area contributed by atoms with Crippen molar-refractivity contribution in [2.45, 2.75) is 0 Å². The molecule has 0 bridgehead atoms. The summed E-state index contributed by atoms with van der Waals surface area (Å²) in [6, 6.07) is 41.7. The monoisotopic (exact) mass is 524 g/mol. The van der Waals surface area contributed by atoms with Gasteiger partial charge in [0.2, 0.25) is 0 Å². The summed E-state index contributed by atoms with van der Waals surface area (Å²) >= 11 is 0. The highest BCUT2D eigenvalue weighted by Gasteiger charge is 2.18. The topological polar surface area (TPSA) is 35.6 Å². The molecular weight excluding hydrogens is 504 g/mol. The molecule has 0 N–H and O–H groups in total. The third kappa shape index (κ3) is 3.09. The maximum atomic E-state index is 7.42. The molecule has 3 heterocycles. The maximum Gasteiger partial charge on any atom is 0.188 e. The van der Waals surface area contributed by atoms with E-state index in [2.05, 4.69) is 94.3 Å². The lowest BCUT2D eigenvalue weighted by Gasteiger charge is -2.09. The number of rotatable bonds is 2. The quantitative estimate of drug-likeness (QED) is 0.211. The SMILES string of the molecule is [C-]#[N+]c1ccc2oc3ccc(-c4ccc5c(c4)c4ccccc4n5-c4cccc5c4oc4ccccc45)cc3c2c1. The first-order valence-electron chi connectivity index (χ1n) is 13.5. The van der Waals surface area contributed by atoms with E-state index in [4.69, 9.17) is 15.4 Å². The Kier molecular flexibility index (Phi) is 4.37. The highest BCUT2D eigenvalue weighted by atomic mass is 16.3. The molecule has 0 aliphatic rings. The first-order valence-corrected chi connectivity index (χ1v) is 13.5. The molecule has 0 fully saturated rings. The highest BCUT2D eigenvalue weighted by molar-refractivity contribution is 6.14. The number of nitrogens with zero attached hydrogens (tertiary/aromatic N) is 2. The predicted molar refractivity (Wildman–Crippen MR) is 167 cm³/mol. The zero-order valence-corrected chi connectivity index (χ0v) is 21.8. The minimum absolute atomic E-state index is 0.610. The summed E-state index contributed by atoms with van der Waals surface area (Å²) in [6.07, 6.45) is 0. The first kappa shape index (κ1) is 22.1. The van der Waals surface area contributed by atoms with Crippen LogP contribution in [0.25, 0.3) is 87.3 Å². The third-order valence-corrected chi connectivity index (χ3v) is 8.21. The van der Waals surface area contributed by atoms with Gasteiger partial charge in [-0.1, -0.05) is 66.7 Å². The Hall–Kier alpha value is -5.79. The van der Waals surface area contributed by atoms with Gasteiger partial charge in [-0.3, -0.25) is 0 Å². The average molecular weight is 525 g/mol. The summed E-state index contributed by atoms with van der Waals surface area (Å²) in [4.78, 5) is 3.61. The molecule has 4 heteroatoms. The van der Waals surface area contributed by atoms with Crippen LogP contribution in [-0.2, 0) is 0 Å². The van der Waals surface area contributed by atoms with E-state index in [0.717, 1.165) is 71.7 Å². The Morgan fingerprint density at radius 1 is 0.488 bits per heavy atom. The number of hydrogen-bond acceptors (Lipinski definition) is 2. The summed E-state index contributed by atoms with van der Waals surface area (Å²) in [5.41, 5.74) is 9.52. The fourth-order valence-electron chi connectivity index (χ4n) is 6.33. The smallest absolute Gasteiger partial charge is 0.188 e. The minimum atomic E-state index is 0.610. The van der Waals surface area contributed by atoms with Crippen LogP contribution < -0.4 is 0 Å². The van der Waals surface area contributed by atoms with Gasteiger partial charge in [-0.25, -0.2) is 4.85 Å². The number of hydrogen-bond donors (Lipinski definition) is 0. The molecule has 4 nitrogen and oxygen atoms in total. The molecule has 0 atom stereocenters. The molecule has 41 heavy (non-hydrogen) atoms. The summed E-state index contributed by atoms with van der Waals surface area (Å²) < 4.78 is 14.8. The maximum absolute atomic E-state index is 7.42. The third-order valence-electron chi connectivity index (χ3n) is 8.21. The van der Waals surface area contributed by atoms with Gasteiger partial charge in [0.1, 0.15) is 16.7 Å². The van der Waals surface area contributed by atoms with Gasteiger partial charge in [-0.15, -0.1) is 0 Å². The van der Waals surface area contributed by atoms with Crippen molar-refractivity contribution in [3.8, 4) is 16.8 Å². The number of fused-ring (bicyclic) bond motifs is 9. The number of furan rings is 2. The van der Waals surface area contributed by atoms with Crippen LogP contribution in [0.15, 0.2) is 130 Å². The van der Waals surface area contributed by atoms with Crippen molar-refractivity contribution in [2.24, 2.45) is 0 Å². The van der Waals surface area contributed by atoms with Gasteiger partial charge in [-0.2, -0.15) is 0 Å². The largest absolute Gasteiger partial charge is 0.456 e. The van der Waals surface area contributed by atoms with E-state index >= 15 is 0 Å². The van der Waals surface area contributed by atoms with Crippen LogP contribution in [0.1, 0.15) is 0 Å². The predicted octanol–water partition coefficient (Wildman–Crippen LogP) is 10.8. The van der Waals surface area contributed by atoms with E-state index in [1.54, 1.807) is 6.07 Å². The van der Waals surface area contributed by atoms with Gasteiger partial charge >= 0.3 is 0 Å². The van der Waals surface area contributed by atoms with Crippen molar-refractivity contribution < 1.29 is 8.83 Å². The van der Waals surface area contributed by atoms with E-state index in [0.29, 0.717) is 5.69 Å². The van der Waals surface area contributed by atoms with Crippen molar-refractivity contribution in [2.75, 3.05) is 0 Å². The lowest BCUT2D eigenvalue weighted by molar-refractivity contribution is 0.666. The van der Waals surface area contributed by atoms with Gasteiger partial charge in [0.05, 0.1) is 23.3 Å². The lowest BCUT2D eigenvalue weighted by Crippen LogP contribution is -1.94. The van der Waals surface area contributed by atoms with Crippen molar-refractivity contribution in [3.05, 3.63) is 133 Å². The van der Waals surface area contributed by atoms with Crippen LogP contribution in [0, 0.1) is 6.57 Å². The molecule has 0 spiro atoms. The molecule has 0 saturated carbocycles. The van der Waals surface area contributed by atoms with Crippen molar-refractivity contribution in [1.82, 2.24) is 4.57 Å². The van der Waals surface area contributed by atoms with Gasteiger partial charge in [0.25, 0.3) is 0 Å². The molecular formula is C37H20N2O2. The van der Waals surface area contributed by atoms with Crippen molar-refractivity contribution in [1.29, 1.82) is 0 Å². The standard InChI is InChI=1S/C37H20N2O2/c1-38-24-15-18-36-30(21-24)29-20-23(14-17-35(29)40-36)22-13-16-32-28(19-22)25-7-2-4-10-31(25)39(32)33-11-6-9-27-26-8-3-5-12-34(26)41-37(27)33/h2-21H. The Balaban J connectivity index is 1.29. The van der Waals surface area contributed by atoms with Crippen LogP contribution in [0.2, 0.25) is 0 Å². The van der Waals surface area contributed by atoms with E-state index in [-0.39, 0.29) is 0 Å². The van der Waals surface area contributed by atoms with Gasteiger partial charge < -0.3 is 13.4 Å². The molecule has 0 saturated heterocycles. The number of benzene rings is 6. The van der Waals surface area contributed by atoms with Crippen LogP contribution in [-0.4, -0.2) is 4.57 Å². The van der Waals surface area contributed by atoms with Gasteiger partial charge in [-0.05, 0) is 65.7 Å². The summed E-state index contributed by atoms with van der Waals surface area (Å²) in [7, 11) is 0. The second kappa shape index (κ2) is 8.11. The van der Waals surface area contributed by atoms with Crippen molar-refractivity contribution >= 4 is 71.4 Å². The Bertz CT molecular complexity index is 2550. The van der Waals surface area contributed by atoms with Gasteiger partial charge in [0, 0.05) is 32.3 Å². The second-order valence-electron chi connectivity index (χ2n) is 10.4. The van der Waals surface area contributed by atoms with Crippen LogP contribution in [0.5, 0.6) is 0 Å². The van der Waals surface area contributed by atoms with Gasteiger partial charge in [0.15, 0.2) is 11.3 Å². The van der Waals surface area contributed by atoms with E-state index in [9.17, 15) is 0 Å².